The molecule has 4 unspecified atom stereocenters. The van der Waals surface area contributed by atoms with Crippen LogP contribution in [-0.2, 0) is 37.9 Å². The van der Waals surface area contributed by atoms with E-state index in [-0.39, 0.29) is 84.7 Å². The number of aliphatic hydroxyl groups is 6. The van der Waals surface area contributed by atoms with Gasteiger partial charge in [0.2, 0.25) is 0 Å². The van der Waals surface area contributed by atoms with E-state index in [0.29, 0.717) is 13.2 Å². The van der Waals surface area contributed by atoms with Crippen molar-refractivity contribution in [2.45, 2.75) is 38.3 Å². The predicted octanol–water partition coefficient (Wildman–Crippen LogP) is -1.29. The van der Waals surface area contributed by atoms with Crippen molar-refractivity contribution in [3.63, 3.8) is 0 Å². The van der Waals surface area contributed by atoms with Gasteiger partial charge in [0.05, 0.1) is 90.5 Å². The predicted molar refractivity (Wildman–Crippen MR) is 140 cm³/mol. The molecule has 0 rings (SSSR count). The molecule has 0 saturated carbocycles. The minimum Gasteiger partial charge on any atom is -0.553 e. The molecular formula is C25H52O14Rf2-4. The van der Waals surface area contributed by atoms with Crippen LogP contribution in [0.3, 0.4) is 0 Å². The molecule has 41 heavy (non-hydrogen) atoms. The monoisotopic (exact) mass is 1110 g/mol. The van der Waals surface area contributed by atoms with Crippen molar-refractivity contribution in [1.82, 2.24) is 0 Å². The Bertz CT molecular complexity index is 432. The van der Waals surface area contributed by atoms with Crippen LogP contribution in [0.5, 0.6) is 0 Å². The minimum absolute atomic E-state index is 0. The normalized spacial score (nSPS) is 13.8. The summed E-state index contributed by atoms with van der Waals surface area (Å²) < 4.78 is 38.2. The molecule has 16 heteroatoms. The summed E-state index contributed by atoms with van der Waals surface area (Å²) in [7, 11) is 12.5. The van der Waals surface area contributed by atoms with Crippen molar-refractivity contribution in [2.75, 3.05) is 92.5 Å². The van der Waals surface area contributed by atoms with Gasteiger partial charge in [0.15, 0.2) is 0 Å². The van der Waals surface area contributed by atoms with Crippen molar-refractivity contribution >= 4 is 0 Å². The van der Waals surface area contributed by atoms with Crippen LogP contribution in [0.25, 0.3) is 0 Å². The molecule has 14 nitrogen and oxygen atoms in total. The Kier molecular flexibility index (Phi) is 41.7. The number of rotatable bonds is 24. The van der Waals surface area contributed by atoms with Gasteiger partial charge >= 0.3 is 0 Å². The molecule has 0 heterocycles. The number of hydrogen-bond donors (Lipinski definition) is 6. The molecule has 0 aromatic heterocycles. The van der Waals surface area contributed by atoms with Gasteiger partial charge in [-0.2, -0.15) is 0 Å². The molecule has 0 radical (unpaired) electrons. The first-order chi connectivity index (χ1) is 18.5. The van der Waals surface area contributed by atoms with E-state index in [4.69, 9.17) is 39.4 Å². The van der Waals surface area contributed by atoms with Crippen molar-refractivity contribution < 1.29 is 68.5 Å². The van der Waals surface area contributed by atoms with Gasteiger partial charge in [-0.3, -0.25) is 0 Å². The van der Waals surface area contributed by atoms with Gasteiger partial charge in [-0.05, 0) is 0 Å². The molecule has 0 spiro atoms. The second kappa shape index (κ2) is 35.5. The van der Waals surface area contributed by atoms with Crippen LogP contribution in [0.1, 0.15) is 13.8 Å². The van der Waals surface area contributed by atoms with Crippen molar-refractivity contribution in [1.29, 1.82) is 0 Å². The molecule has 0 amide bonds. The molecule has 0 saturated heterocycles. The van der Waals surface area contributed by atoms with Crippen molar-refractivity contribution in [3.05, 3.63) is 28.4 Å². The number of hydrogen-bond acceptors (Lipinski definition) is 14. The number of ether oxygens (including phenoxy) is 8. The molecule has 0 aromatic rings. The first kappa shape index (κ1) is 48.2. The smallest absolute Gasteiger partial charge is 0.0976 e. The zero-order chi connectivity index (χ0) is 30.4. The Balaban J connectivity index is -0.000000168. The summed E-state index contributed by atoms with van der Waals surface area (Å²) in [5, 5.41) is 53.1. The van der Waals surface area contributed by atoms with Gasteiger partial charge < -0.3 is 68.5 Å². The van der Waals surface area contributed by atoms with Crippen LogP contribution in [0, 0.1) is 33.9 Å². The van der Waals surface area contributed by atoms with E-state index in [2.05, 4.69) is 47.4 Å². The molecule has 0 aliphatic carbocycles. The topological polar surface area (TPSA) is 195 Å². The Hall–Kier alpha value is -2.56. The zero-order valence-corrected chi connectivity index (χ0v) is 37.7. The first-order valence-electron chi connectivity index (χ1n) is 12.3. The molecule has 244 valence electrons. The summed E-state index contributed by atoms with van der Waals surface area (Å²) in [6.45, 7) is 6.59. The quantitative estimate of drug-likeness (QED) is 0.0494. The maximum absolute atomic E-state index is 9.38. The number of aliphatic hydroxyl groups excluding tert-OH is 6. The largest absolute Gasteiger partial charge is 0.553 e. The van der Waals surface area contributed by atoms with Gasteiger partial charge in [0.1, 0.15) is 0 Å². The molecule has 0 aliphatic rings. The van der Waals surface area contributed by atoms with Crippen molar-refractivity contribution in [2.24, 2.45) is 5.41 Å². The Morgan fingerprint density at radius 3 is 0.951 bits per heavy atom. The Morgan fingerprint density at radius 2 is 0.732 bits per heavy atom. The maximum Gasteiger partial charge on any atom is 0.0976 e. The van der Waals surface area contributed by atoms with Gasteiger partial charge in [0.25, 0.3) is 0 Å². The second-order valence-electron chi connectivity index (χ2n) is 8.89. The third kappa shape index (κ3) is 42.1. The first-order valence-corrected chi connectivity index (χ1v) is 12.3. The van der Waals surface area contributed by atoms with Crippen LogP contribution in [0.2, 0.25) is 0 Å². The summed E-state index contributed by atoms with van der Waals surface area (Å²) in [6, 6.07) is 0. The SMILES string of the molecule is [CH2-]OCC(O)COCC(C)(C)COCC(O)CO[CH2-].[CH2-]OCC(O)COCCO.[CH2-]OCC(O)COCCO.[Rf].[Rf]. The minimum atomic E-state index is -0.676. The molecule has 4 atom stereocenters. The van der Waals surface area contributed by atoms with Crippen LogP contribution in [-0.4, -0.2) is 148 Å². The Labute approximate surface area is 233 Å². The van der Waals surface area contributed by atoms with E-state index in [1.54, 1.807) is 0 Å². The molecule has 0 aliphatic heterocycles. The van der Waals surface area contributed by atoms with E-state index < -0.39 is 24.4 Å². The second-order valence-corrected chi connectivity index (χ2v) is 8.89. The van der Waals surface area contributed by atoms with Gasteiger partial charge in [-0.25, -0.2) is 28.4 Å². The Morgan fingerprint density at radius 1 is 0.488 bits per heavy atom. The summed E-state index contributed by atoms with van der Waals surface area (Å²) >= 11 is 0. The fraction of sp³-hybridized carbons (Fsp3) is 0.840. The maximum atomic E-state index is 9.38. The van der Waals surface area contributed by atoms with Crippen molar-refractivity contribution in [3.8, 4) is 0 Å². The summed E-state index contributed by atoms with van der Waals surface area (Å²) in [5.74, 6) is 0. The average molecular weight is 1110 g/mol. The van der Waals surface area contributed by atoms with Crippen LogP contribution in [0.15, 0.2) is 0 Å². The van der Waals surface area contributed by atoms with Gasteiger partial charge in [0, 0.05) is 31.8 Å². The summed E-state index contributed by atoms with van der Waals surface area (Å²) in [4.78, 5) is 0. The molecule has 0 aromatic carbocycles. The van der Waals surface area contributed by atoms with Crippen LogP contribution >= 0.6 is 0 Å². The van der Waals surface area contributed by atoms with Gasteiger partial charge in [-0.15, -0.1) is 0 Å². The molecule has 0 bridgehead atoms. The molecular weight excluding hydrogens is 1060 g/mol. The fourth-order valence-corrected chi connectivity index (χ4v) is 2.29. The fourth-order valence-electron chi connectivity index (χ4n) is 2.29. The molecule has 6 N–H and O–H groups in total. The van der Waals surface area contributed by atoms with E-state index in [9.17, 15) is 10.2 Å². The third-order valence-corrected chi connectivity index (χ3v) is 3.94. The van der Waals surface area contributed by atoms with E-state index in [1.165, 1.54) is 0 Å². The van der Waals surface area contributed by atoms with E-state index >= 15 is 0 Å². The summed E-state index contributed by atoms with van der Waals surface area (Å²) in [6.07, 6.45) is -2.65. The molecule has 0 fully saturated rings. The standard InChI is InChI=1S/C13H26O6.2C6H13O4.2Rf/c1-13(2,9-18-7-11(14)5-16-3)10-19-8-12(15)6-17-4;2*1-9-4-6(8)5-10-3-2-7;;/h11-12,14-15H,3-10H2,1-2H3;2*6-8H,1-5H2;;/q-2;2*-1;;. The van der Waals surface area contributed by atoms with Crippen LogP contribution in [0.4, 0.5) is 0 Å². The van der Waals surface area contributed by atoms with Crippen LogP contribution < -0.4 is 0 Å². The summed E-state index contributed by atoms with van der Waals surface area (Å²) in [5.41, 5.74) is -0.212. The van der Waals surface area contributed by atoms with E-state index in [0.717, 1.165) is 0 Å². The average Bonchev–Trinajstić information content (AvgIpc) is 2.86. The van der Waals surface area contributed by atoms with E-state index in [1.807, 2.05) is 13.8 Å². The third-order valence-electron chi connectivity index (χ3n) is 3.94. The van der Waals surface area contributed by atoms with Gasteiger partial charge in [-0.1, -0.05) is 13.8 Å². The zero-order valence-electron chi connectivity index (χ0n) is 24.9.